The van der Waals surface area contributed by atoms with Gasteiger partial charge in [0.05, 0.1) is 12.2 Å². The molecule has 0 N–H and O–H groups in total. The van der Waals surface area contributed by atoms with Gasteiger partial charge in [-0.25, -0.2) is 0 Å². The van der Waals surface area contributed by atoms with Gasteiger partial charge in [-0.2, -0.15) is 0 Å². The Bertz CT molecular complexity index is 228. The fraction of sp³-hybridized carbons (Fsp3) is 1.00. The van der Waals surface area contributed by atoms with E-state index in [1.807, 2.05) is 0 Å². The molecule has 2 saturated heterocycles. The summed E-state index contributed by atoms with van der Waals surface area (Å²) in [6.07, 6.45) is 11.1. The van der Waals surface area contributed by atoms with E-state index >= 15 is 0 Å². The molecule has 0 aromatic heterocycles. The van der Waals surface area contributed by atoms with Crippen LogP contribution < -0.4 is 0 Å². The molecule has 4 unspecified atom stereocenters. The molecule has 2 nitrogen and oxygen atoms in total. The van der Waals surface area contributed by atoms with Crippen molar-refractivity contribution in [1.82, 2.24) is 0 Å². The lowest BCUT2D eigenvalue weighted by atomic mass is 9.86. The molecule has 3 aliphatic rings. The highest BCUT2D eigenvalue weighted by molar-refractivity contribution is 6.51. The predicted molar refractivity (Wildman–Crippen MR) is 67.2 cm³/mol. The Kier molecular flexibility index (Phi) is 3.65. The van der Waals surface area contributed by atoms with Gasteiger partial charge in [0.1, 0.15) is 0 Å². The molecule has 1 saturated carbocycles. The topological polar surface area (TPSA) is 21.8 Å². The van der Waals surface area contributed by atoms with E-state index in [0.717, 1.165) is 12.5 Å². The van der Waals surface area contributed by atoms with Crippen molar-refractivity contribution in [2.45, 2.75) is 69.2 Å². The molecule has 0 spiro atoms. The molecule has 4 atom stereocenters. The van der Waals surface area contributed by atoms with Crippen LogP contribution in [-0.4, -0.2) is 27.9 Å². The molecule has 0 bridgehead atoms. The molecular weight excluding hydrogens is 216 g/mol. The zero-order valence-corrected chi connectivity index (χ0v) is 11.4. The summed E-state index contributed by atoms with van der Waals surface area (Å²) in [5, 5.41) is 0. The maximum absolute atomic E-state index is 5.91. The third kappa shape index (κ3) is 2.87. The molecule has 2 aliphatic heterocycles. The smallest absolute Gasteiger partial charge is 0.176 e. The Hall–Kier alpha value is 0.137. The van der Waals surface area contributed by atoms with Gasteiger partial charge in [-0.1, -0.05) is 19.3 Å². The van der Waals surface area contributed by atoms with Gasteiger partial charge in [-0.05, 0) is 43.7 Å². The van der Waals surface area contributed by atoms with Crippen molar-refractivity contribution < 1.29 is 9.16 Å². The van der Waals surface area contributed by atoms with Crippen molar-refractivity contribution in [3.63, 3.8) is 0 Å². The Labute approximate surface area is 100 Å². The maximum Gasteiger partial charge on any atom is 0.176 e. The standard InChI is InChI=1S/C13H24O2Si/c1-2-8-16(14-7-1)9-3-4-11-5-6-12-13(10-11)15-12/h11-13,16H,1-10H2. The van der Waals surface area contributed by atoms with E-state index in [0.29, 0.717) is 12.2 Å². The first-order valence-electron chi connectivity index (χ1n) is 7.19. The summed E-state index contributed by atoms with van der Waals surface area (Å²) < 4.78 is 11.5. The van der Waals surface area contributed by atoms with Crippen molar-refractivity contribution in [3.05, 3.63) is 0 Å². The molecule has 0 radical (unpaired) electrons. The van der Waals surface area contributed by atoms with Crippen molar-refractivity contribution in [2.24, 2.45) is 5.92 Å². The van der Waals surface area contributed by atoms with Crippen LogP contribution in [0.5, 0.6) is 0 Å². The highest BCUT2D eigenvalue weighted by Crippen LogP contribution is 2.41. The van der Waals surface area contributed by atoms with E-state index in [9.17, 15) is 0 Å². The number of hydrogen-bond donors (Lipinski definition) is 0. The molecule has 3 rings (SSSR count). The normalized spacial score (nSPS) is 42.8. The number of rotatable bonds is 4. The summed E-state index contributed by atoms with van der Waals surface area (Å²) in [5.74, 6) is 0.973. The monoisotopic (exact) mass is 240 g/mol. The minimum absolute atomic E-state index is 0.668. The van der Waals surface area contributed by atoms with E-state index in [2.05, 4.69) is 0 Å². The second-order valence-electron chi connectivity index (χ2n) is 5.81. The summed E-state index contributed by atoms with van der Waals surface area (Å²) in [6, 6.07) is 2.88. The summed E-state index contributed by atoms with van der Waals surface area (Å²) in [7, 11) is -0.735. The van der Waals surface area contributed by atoms with Crippen LogP contribution in [0, 0.1) is 5.92 Å². The fourth-order valence-corrected chi connectivity index (χ4v) is 5.98. The average Bonchev–Trinajstić information content (AvgIpc) is 3.09. The lowest BCUT2D eigenvalue weighted by Crippen LogP contribution is -2.23. The largest absolute Gasteiger partial charge is 0.420 e. The van der Waals surface area contributed by atoms with Gasteiger partial charge in [0.25, 0.3) is 0 Å². The van der Waals surface area contributed by atoms with E-state index in [-0.39, 0.29) is 0 Å². The van der Waals surface area contributed by atoms with Gasteiger partial charge in [0, 0.05) is 6.61 Å². The molecule has 3 heteroatoms. The molecular formula is C13H24O2Si. The van der Waals surface area contributed by atoms with Crippen LogP contribution in [0.15, 0.2) is 0 Å². The number of fused-ring (bicyclic) bond motifs is 1. The zero-order valence-electron chi connectivity index (χ0n) is 10.2. The highest BCUT2D eigenvalue weighted by atomic mass is 28.3. The minimum atomic E-state index is -0.735. The van der Waals surface area contributed by atoms with Gasteiger partial charge >= 0.3 is 0 Å². The lowest BCUT2D eigenvalue weighted by Gasteiger charge is -2.23. The Morgan fingerprint density at radius 2 is 2.12 bits per heavy atom. The van der Waals surface area contributed by atoms with Crippen LogP contribution in [-0.2, 0) is 9.16 Å². The van der Waals surface area contributed by atoms with Crippen LogP contribution in [0.2, 0.25) is 12.1 Å². The maximum atomic E-state index is 5.91. The minimum Gasteiger partial charge on any atom is -0.420 e. The molecule has 92 valence electrons. The van der Waals surface area contributed by atoms with Crippen molar-refractivity contribution in [3.8, 4) is 0 Å². The first-order chi connectivity index (χ1) is 7.92. The second-order valence-corrected chi connectivity index (χ2v) is 8.54. The van der Waals surface area contributed by atoms with Crippen molar-refractivity contribution in [1.29, 1.82) is 0 Å². The second kappa shape index (κ2) is 5.19. The van der Waals surface area contributed by atoms with Crippen LogP contribution in [0.1, 0.15) is 44.9 Å². The highest BCUT2D eigenvalue weighted by Gasteiger charge is 2.43. The van der Waals surface area contributed by atoms with Crippen LogP contribution in [0.3, 0.4) is 0 Å². The van der Waals surface area contributed by atoms with Crippen molar-refractivity contribution >= 4 is 9.04 Å². The SMILES string of the molecule is C1CC[SiH](CCCC2CCC3OC3C2)OC1. The molecule has 0 amide bonds. The van der Waals surface area contributed by atoms with Gasteiger partial charge in [-0.15, -0.1) is 0 Å². The summed E-state index contributed by atoms with van der Waals surface area (Å²) >= 11 is 0. The zero-order chi connectivity index (χ0) is 10.8. The number of epoxide rings is 1. The number of ether oxygens (including phenoxy) is 1. The average molecular weight is 240 g/mol. The van der Waals surface area contributed by atoms with Gasteiger partial charge in [-0.3, -0.25) is 0 Å². The summed E-state index contributed by atoms with van der Waals surface area (Å²) in [6.45, 7) is 1.07. The van der Waals surface area contributed by atoms with E-state index in [1.54, 1.807) is 0 Å². The first kappa shape index (κ1) is 11.2. The quantitative estimate of drug-likeness (QED) is 0.557. The molecule has 2 heterocycles. The molecule has 0 aromatic rings. The van der Waals surface area contributed by atoms with Crippen LogP contribution in [0.25, 0.3) is 0 Å². The van der Waals surface area contributed by atoms with Gasteiger partial charge in [0.2, 0.25) is 0 Å². The Morgan fingerprint density at radius 3 is 2.94 bits per heavy atom. The van der Waals surface area contributed by atoms with Crippen molar-refractivity contribution in [2.75, 3.05) is 6.61 Å². The van der Waals surface area contributed by atoms with E-state index < -0.39 is 9.04 Å². The third-order valence-electron chi connectivity index (χ3n) is 4.53. The molecule has 1 aliphatic carbocycles. The summed E-state index contributed by atoms with van der Waals surface area (Å²) in [5.41, 5.74) is 0. The third-order valence-corrected chi connectivity index (χ3v) is 7.34. The van der Waals surface area contributed by atoms with Crippen LogP contribution in [0.4, 0.5) is 0 Å². The molecule has 0 aromatic carbocycles. The van der Waals surface area contributed by atoms with Crippen LogP contribution >= 0.6 is 0 Å². The van der Waals surface area contributed by atoms with E-state index in [1.165, 1.54) is 57.0 Å². The summed E-state index contributed by atoms with van der Waals surface area (Å²) in [4.78, 5) is 0. The molecule has 3 fully saturated rings. The fourth-order valence-electron chi connectivity index (χ4n) is 3.42. The first-order valence-corrected chi connectivity index (χ1v) is 9.29. The number of hydrogen-bond acceptors (Lipinski definition) is 2. The van der Waals surface area contributed by atoms with Gasteiger partial charge < -0.3 is 9.16 Å². The molecule has 16 heavy (non-hydrogen) atoms. The Balaban J connectivity index is 1.30. The Morgan fingerprint density at radius 1 is 1.12 bits per heavy atom. The predicted octanol–water partition coefficient (Wildman–Crippen LogP) is 2.87. The lowest BCUT2D eigenvalue weighted by molar-refractivity contribution is 0.283. The van der Waals surface area contributed by atoms with E-state index in [4.69, 9.17) is 9.16 Å². The van der Waals surface area contributed by atoms with Gasteiger partial charge in [0.15, 0.2) is 9.04 Å².